The summed E-state index contributed by atoms with van der Waals surface area (Å²) in [6.45, 7) is 8.38. The summed E-state index contributed by atoms with van der Waals surface area (Å²) < 4.78 is 1.94. The first kappa shape index (κ1) is 22.5. The highest BCUT2D eigenvalue weighted by Crippen LogP contribution is 2.22. The number of fused-ring (bicyclic) bond motifs is 1. The number of carbonyl (C=O) groups excluding carboxylic acids is 1. The van der Waals surface area contributed by atoms with E-state index in [2.05, 4.69) is 59.5 Å². The number of hydrogen-bond donors (Lipinski definition) is 1. The van der Waals surface area contributed by atoms with E-state index < -0.39 is 0 Å². The van der Waals surface area contributed by atoms with Crippen LogP contribution in [0.3, 0.4) is 0 Å². The number of para-hydroxylation sites is 1. The number of hydrogen-bond acceptors (Lipinski definition) is 3. The second-order valence-electron chi connectivity index (χ2n) is 9.34. The molecule has 2 heterocycles. The number of nitrogens with zero attached hydrogens (tertiary/aromatic N) is 3. The number of aromatic nitrogens is 2. The van der Waals surface area contributed by atoms with Crippen molar-refractivity contribution in [3.8, 4) is 0 Å². The van der Waals surface area contributed by atoms with Gasteiger partial charge in [0.05, 0.1) is 5.52 Å². The zero-order valence-electron chi connectivity index (χ0n) is 19.5. The molecule has 1 aromatic heterocycles. The molecule has 0 unspecified atom stereocenters. The monoisotopic (exact) mass is 432 g/mol. The minimum atomic E-state index is -0.0519. The third kappa shape index (κ3) is 5.57. The molecule has 1 saturated heterocycles. The van der Waals surface area contributed by atoms with Crippen molar-refractivity contribution < 1.29 is 4.79 Å². The molecule has 1 aliphatic rings. The fourth-order valence-corrected chi connectivity index (χ4v) is 4.69. The highest BCUT2D eigenvalue weighted by molar-refractivity contribution is 6.04. The van der Waals surface area contributed by atoms with E-state index in [9.17, 15) is 4.79 Å². The van der Waals surface area contributed by atoms with E-state index in [0.717, 1.165) is 43.4 Å². The molecule has 0 radical (unpaired) electrons. The summed E-state index contributed by atoms with van der Waals surface area (Å²) in [5.41, 5.74) is 3.01. The topological polar surface area (TPSA) is 50.2 Å². The van der Waals surface area contributed by atoms with E-state index >= 15 is 0 Å². The lowest BCUT2D eigenvalue weighted by Crippen LogP contribution is -2.39. The summed E-state index contributed by atoms with van der Waals surface area (Å²) in [4.78, 5) is 15.5. The lowest BCUT2D eigenvalue weighted by atomic mass is 9.96. The zero-order valence-corrected chi connectivity index (χ0v) is 19.5. The Morgan fingerprint density at radius 1 is 1.03 bits per heavy atom. The molecule has 0 spiro atoms. The number of aryl methyl sites for hydroxylation is 1. The number of carbonyl (C=O) groups is 1. The van der Waals surface area contributed by atoms with Crippen LogP contribution in [0, 0.1) is 5.92 Å². The van der Waals surface area contributed by atoms with Crippen LogP contribution in [0.15, 0.2) is 54.6 Å². The van der Waals surface area contributed by atoms with Crippen LogP contribution < -0.4 is 5.32 Å². The molecule has 0 atom stereocenters. The lowest BCUT2D eigenvalue weighted by molar-refractivity contribution is 0.0931. The minimum Gasteiger partial charge on any atom is -0.350 e. The van der Waals surface area contributed by atoms with Gasteiger partial charge in [-0.15, -0.1) is 0 Å². The number of nitrogens with one attached hydrogen (secondary N) is 1. The van der Waals surface area contributed by atoms with E-state index in [-0.39, 0.29) is 11.9 Å². The standard InChI is InChI=1S/C27H36N4O/c1-21(2)31-25-14-7-6-13-24(25)26(29-31)27(32)28-20-23-15-18-30(19-16-23)17-9-8-12-22-10-4-3-5-11-22/h3-7,10-11,13-14,21,23H,8-9,12,15-20H2,1-2H3,(H,28,32). The van der Waals surface area contributed by atoms with Crippen LogP contribution in [0.1, 0.15) is 61.6 Å². The van der Waals surface area contributed by atoms with Crippen molar-refractivity contribution in [1.82, 2.24) is 20.0 Å². The van der Waals surface area contributed by atoms with Gasteiger partial charge in [0.15, 0.2) is 5.69 Å². The van der Waals surface area contributed by atoms with Crippen molar-refractivity contribution in [2.24, 2.45) is 5.92 Å². The third-order valence-corrected chi connectivity index (χ3v) is 6.61. The van der Waals surface area contributed by atoms with Gasteiger partial charge in [-0.2, -0.15) is 5.10 Å². The maximum Gasteiger partial charge on any atom is 0.272 e. The molecule has 3 aromatic rings. The average molecular weight is 433 g/mol. The second-order valence-corrected chi connectivity index (χ2v) is 9.34. The number of amides is 1. The second kappa shape index (κ2) is 10.8. The van der Waals surface area contributed by atoms with Crippen LogP contribution in [0.5, 0.6) is 0 Å². The summed E-state index contributed by atoms with van der Waals surface area (Å²) in [7, 11) is 0. The molecular formula is C27H36N4O. The molecule has 2 aromatic carbocycles. The third-order valence-electron chi connectivity index (χ3n) is 6.61. The van der Waals surface area contributed by atoms with Crippen molar-refractivity contribution in [3.05, 3.63) is 65.9 Å². The normalized spacial score (nSPS) is 15.5. The van der Waals surface area contributed by atoms with E-state index in [4.69, 9.17) is 0 Å². The maximum atomic E-state index is 12.9. The van der Waals surface area contributed by atoms with Gasteiger partial charge in [-0.3, -0.25) is 9.48 Å². The van der Waals surface area contributed by atoms with Crippen LogP contribution in [0.4, 0.5) is 0 Å². The van der Waals surface area contributed by atoms with Crippen LogP contribution in [0.2, 0.25) is 0 Å². The Morgan fingerprint density at radius 2 is 1.75 bits per heavy atom. The molecule has 5 heteroatoms. The van der Waals surface area contributed by atoms with Crippen molar-refractivity contribution in [2.75, 3.05) is 26.2 Å². The first-order valence-corrected chi connectivity index (χ1v) is 12.1. The van der Waals surface area contributed by atoms with Gasteiger partial charge >= 0.3 is 0 Å². The van der Waals surface area contributed by atoms with Gasteiger partial charge in [-0.25, -0.2) is 0 Å². The molecule has 0 aliphatic carbocycles. The van der Waals surface area contributed by atoms with Crippen molar-refractivity contribution in [2.45, 2.75) is 52.0 Å². The van der Waals surface area contributed by atoms with Gasteiger partial charge in [0, 0.05) is 18.0 Å². The molecule has 32 heavy (non-hydrogen) atoms. The summed E-state index contributed by atoms with van der Waals surface area (Å²) in [6.07, 6.45) is 5.98. The highest BCUT2D eigenvalue weighted by atomic mass is 16.1. The van der Waals surface area contributed by atoms with Crippen molar-refractivity contribution >= 4 is 16.8 Å². The van der Waals surface area contributed by atoms with Crippen LogP contribution in [-0.4, -0.2) is 46.8 Å². The molecule has 0 saturated carbocycles. The van der Waals surface area contributed by atoms with Crippen LogP contribution in [0.25, 0.3) is 10.9 Å². The van der Waals surface area contributed by atoms with Gasteiger partial charge < -0.3 is 10.2 Å². The van der Waals surface area contributed by atoms with E-state index in [1.165, 1.54) is 31.4 Å². The van der Waals surface area contributed by atoms with E-state index in [1.54, 1.807) is 0 Å². The summed E-state index contributed by atoms with van der Waals surface area (Å²) in [6, 6.07) is 19.0. The van der Waals surface area contributed by atoms with Crippen LogP contribution in [-0.2, 0) is 6.42 Å². The molecule has 1 fully saturated rings. The summed E-state index contributed by atoms with van der Waals surface area (Å²) in [5.74, 6) is 0.502. The van der Waals surface area contributed by atoms with E-state index in [1.807, 2.05) is 28.9 Å². The zero-order chi connectivity index (χ0) is 22.3. The van der Waals surface area contributed by atoms with Gasteiger partial charge in [0.2, 0.25) is 0 Å². The number of rotatable bonds is 9. The molecule has 0 bridgehead atoms. The summed E-state index contributed by atoms with van der Waals surface area (Å²) >= 11 is 0. The number of benzene rings is 2. The number of piperidine rings is 1. The predicted molar refractivity (Wildman–Crippen MR) is 131 cm³/mol. The Bertz CT molecular complexity index is 1000. The Hall–Kier alpha value is -2.66. The minimum absolute atomic E-state index is 0.0519. The quantitative estimate of drug-likeness (QED) is 0.480. The van der Waals surface area contributed by atoms with Crippen molar-refractivity contribution in [3.63, 3.8) is 0 Å². The van der Waals surface area contributed by atoms with Crippen LogP contribution >= 0.6 is 0 Å². The van der Waals surface area contributed by atoms with Gasteiger partial charge in [-0.05, 0) is 83.1 Å². The van der Waals surface area contributed by atoms with Gasteiger partial charge in [-0.1, -0.05) is 48.5 Å². The molecule has 1 aliphatic heterocycles. The average Bonchev–Trinajstić information content (AvgIpc) is 3.22. The largest absolute Gasteiger partial charge is 0.350 e. The maximum absolute atomic E-state index is 12.9. The first-order chi connectivity index (χ1) is 15.6. The highest BCUT2D eigenvalue weighted by Gasteiger charge is 2.22. The van der Waals surface area contributed by atoms with Gasteiger partial charge in [0.25, 0.3) is 5.91 Å². The Kier molecular flexibility index (Phi) is 7.59. The smallest absolute Gasteiger partial charge is 0.272 e. The number of unbranched alkanes of at least 4 members (excludes halogenated alkanes) is 1. The van der Waals surface area contributed by atoms with Gasteiger partial charge in [0.1, 0.15) is 0 Å². The predicted octanol–water partition coefficient (Wildman–Crippen LogP) is 5.08. The summed E-state index contributed by atoms with van der Waals surface area (Å²) in [5, 5.41) is 8.72. The Morgan fingerprint density at radius 3 is 2.50 bits per heavy atom. The molecule has 5 nitrogen and oxygen atoms in total. The first-order valence-electron chi connectivity index (χ1n) is 12.1. The molecular weight excluding hydrogens is 396 g/mol. The molecule has 1 N–H and O–H groups in total. The SMILES string of the molecule is CC(C)n1nc(C(=O)NCC2CCN(CCCCc3ccccc3)CC2)c2ccccc21. The van der Waals surface area contributed by atoms with E-state index in [0.29, 0.717) is 11.6 Å². The fourth-order valence-electron chi connectivity index (χ4n) is 4.69. The molecule has 1 amide bonds. The van der Waals surface area contributed by atoms with Crippen molar-refractivity contribution in [1.29, 1.82) is 0 Å². The molecule has 170 valence electrons. The molecule has 4 rings (SSSR count). The Labute approximate surface area is 191 Å². The fraction of sp³-hybridized carbons (Fsp3) is 0.481. The lowest BCUT2D eigenvalue weighted by Gasteiger charge is -2.32. The number of likely N-dealkylation sites (tertiary alicyclic amines) is 1. The Balaban J connectivity index is 1.20.